The van der Waals surface area contributed by atoms with Crippen molar-refractivity contribution in [3.8, 4) is 5.75 Å². The average molecular weight is 527 g/mol. The van der Waals surface area contributed by atoms with Crippen molar-refractivity contribution in [1.82, 2.24) is 9.88 Å². The Morgan fingerprint density at radius 3 is 2.64 bits per heavy atom. The lowest BCUT2D eigenvalue weighted by Gasteiger charge is -2.54. The van der Waals surface area contributed by atoms with Gasteiger partial charge in [0.15, 0.2) is 0 Å². The monoisotopic (exact) mass is 526 g/mol. The molecule has 0 saturated carbocycles. The number of methoxy groups -OCH3 is 1. The first-order valence-corrected chi connectivity index (χ1v) is 13.7. The number of piperidine rings is 1. The molecule has 6 rings (SSSR count). The number of carbonyl (C=O) groups is 2. The fraction of sp³-hybridized carbons (Fsp3) is 0.387. The number of hydrogen-bond acceptors (Lipinski definition) is 5. The SMILES string of the molecule is COc1ccc(CCNC(=O)C2Cc3cc(NC(C)=O)ccc3N3CC4CC(c5cccc(=O)n5C4)C23)cc1. The van der Waals surface area contributed by atoms with Crippen molar-refractivity contribution in [2.75, 3.05) is 30.4 Å². The highest BCUT2D eigenvalue weighted by molar-refractivity contribution is 5.89. The zero-order valence-corrected chi connectivity index (χ0v) is 22.4. The summed E-state index contributed by atoms with van der Waals surface area (Å²) in [7, 11) is 1.65. The molecule has 4 atom stereocenters. The summed E-state index contributed by atoms with van der Waals surface area (Å²) in [6, 6.07) is 19.4. The van der Waals surface area contributed by atoms with Gasteiger partial charge in [0.05, 0.1) is 13.0 Å². The lowest BCUT2D eigenvalue weighted by Crippen LogP contribution is -2.60. The molecule has 1 saturated heterocycles. The summed E-state index contributed by atoms with van der Waals surface area (Å²) in [5.41, 5.74) is 5.13. The molecule has 3 aromatic rings. The third-order valence-corrected chi connectivity index (χ3v) is 8.49. The number of ether oxygens (including phenoxy) is 1. The van der Waals surface area contributed by atoms with Crippen LogP contribution < -0.4 is 25.8 Å². The topological polar surface area (TPSA) is 92.7 Å². The Morgan fingerprint density at radius 1 is 1.05 bits per heavy atom. The van der Waals surface area contributed by atoms with E-state index in [9.17, 15) is 14.4 Å². The van der Waals surface area contributed by atoms with E-state index in [0.717, 1.165) is 53.3 Å². The fourth-order valence-corrected chi connectivity index (χ4v) is 6.86. The first-order chi connectivity index (χ1) is 18.9. The lowest BCUT2D eigenvalue weighted by atomic mass is 9.69. The van der Waals surface area contributed by atoms with E-state index in [1.807, 2.05) is 47.0 Å². The number of anilines is 2. The maximum atomic E-state index is 13.9. The molecule has 4 heterocycles. The van der Waals surface area contributed by atoms with Crippen LogP contribution in [-0.2, 0) is 29.0 Å². The maximum absolute atomic E-state index is 13.9. The van der Waals surface area contributed by atoms with E-state index in [1.54, 1.807) is 13.2 Å². The molecular formula is C31H34N4O4. The summed E-state index contributed by atoms with van der Waals surface area (Å²) in [5, 5.41) is 6.10. The number of pyridine rings is 1. The number of hydrogen-bond donors (Lipinski definition) is 2. The van der Waals surface area contributed by atoms with Gasteiger partial charge in [0.1, 0.15) is 5.75 Å². The molecule has 2 N–H and O–H groups in total. The molecule has 3 aliphatic rings. The van der Waals surface area contributed by atoms with Crippen LogP contribution in [0.5, 0.6) is 5.75 Å². The Kier molecular flexibility index (Phi) is 6.62. The minimum absolute atomic E-state index is 0.0305. The van der Waals surface area contributed by atoms with E-state index in [2.05, 4.69) is 27.7 Å². The summed E-state index contributed by atoms with van der Waals surface area (Å²) in [6.07, 6.45) is 2.28. The number of rotatable bonds is 6. The van der Waals surface area contributed by atoms with E-state index in [0.29, 0.717) is 25.4 Å². The van der Waals surface area contributed by atoms with Crippen molar-refractivity contribution in [3.05, 3.63) is 87.8 Å². The minimum Gasteiger partial charge on any atom is -0.497 e. The first kappa shape index (κ1) is 25.2. The van der Waals surface area contributed by atoms with Gasteiger partial charge in [0.2, 0.25) is 11.8 Å². The summed E-state index contributed by atoms with van der Waals surface area (Å²) >= 11 is 0. The van der Waals surface area contributed by atoms with Gasteiger partial charge < -0.3 is 24.8 Å². The van der Waals surface area contributed by atoms with Crippen molar-refractivity contribution >= 4 is 23.2 Å². The van der Waals surface area contributed by atoms with Gasteiger partial charge in [-0.3, -0.25) is 14.4 Å². The third-order valence-electron chi connectivity index (χ3n) is 8.49. The number of fused-ring (bicyclic) bond motifs is 8. The van der Waals surface area contributed by atoms with Crippen molar-refractivity contribution < 1.29 is 14.3 Å². The molecule has 4 unspecified atom stereocenters. The Morgan fingerprint density at radius 2 is 1.87 bits per heavy atom. The van der Waals surface area contributed by atoms with E-state index in [4.69, 9.17) is 4.74 Å². The number of carbonyl (C=O) groups excluding carboxylic acids is 2. The molecule has 8 heteroatoms. The molecule has 2 bridgehead atoms. The molecule has 3 aliphatic heterocycles. The highest BCUT2D eigenvalue weighted by Crippen LogP contribution is 2.48. The van der Waals surface area contributed by atoms with Crippen molar-refractivity contribution in [2.24, 2.45) is 11.8 Å². The van der Waals surface area contributed by atoms with Gasteiger partial charge in [-0.05, 0) is 72.7 Å². The number of amides is 2. The second-order valence-corrected chi connectivity index (χ2v) is 11.0. The second kappa shape index (κ2) is 10.2. The highest BCUT2D eigenvalue weighted by Gasteiger charge is 2.49. The first-order valence-electron chi connectivity index (χ1n) is 13.7. The molecule has 0 radical (unpaired) electrons. The van der Waals surface area contributed by atoms with Crippen molar-refractivity contribution in [2.45, 2.75) is 44.7 Å². The molecular weight excluding hydrogens is 492 g/mol. The molecule has 2 aromatic carbocycles. The van der Waals surface area contributed by atoms with Gasteiger partial charge in [-0.25, -0.2) is 0 Å². The zero-order chi connectivity index (χ0) is 27.1. The molecule has 39 heavy (non-hydrogen) atoms. The number of benzene rings is 2. The van der Waals surface area contributed by atoms with Gasteiger partial charge in [0.25, 0.3) is 5.56 Å². The predicted octanol–water partition coefficient (Wildman–Crippen LogP) is 3.34. The Bertz CT molecular complexity index is 1460. The Balaban J connectivity index is 1.31. The van der Waals surface area contributed by atoms with Crippen LogP contribution in [0.1, 0.15) is 36.1 Å². The van der Waals surface area contributed by atoms with Gasteiger partial charge in [0, 0.05) is 61.7 Å². The van der Waals surface area contributed by atoms with E-state index in [1.165, 1.54) is 6.92 Å². The second-order valence-electron chi connectivity index (χ2n) is 11.0. The van der Waals surface area contributed by atoms with Gasteiger partial charge >= 0.3 is 0 Å². The van der Waals surface area contributed by atoms with E-state index < -0.39 is 0 Å². The zero-order valence-electron chi connectivity index (χ0n) is 22.4. The van der Waals surface area contributed by atoms with Crippen molar-refractivity contribution in [3.63, 3.8) is 0 Å². The number of aromatic nitrogens is 1. The quantitative estimate of drug-likeness (QED) is 0.514. The molecule has 8 nitrogen and oxygen atoms in total. The molecule has 0 spiro atoms. The van der Waals surface area contributed by atoms with E-state index in [-0.39, 0.29) is 35.3 Å². The standard InChI is InChI=1S/C31H34N4O4/c1-19(36)33-23-8-11-27-22(15-23)16-26(31(38)32-13-12-20-6-9-24(39-2)10-7-20)30-25-14-21(18-35(27)30)17-34-28(25)4-3-5-29(34)37/h3-11,15,21,25-26,30H,12-14,16-18H2,1-2H3,(H,32,38)(H,33,36). The van der Waals surface area contributed by atoms with Gasteiger partial charge in [-0.15, -0.1) is 0 Å². The highest BCUT2D eigenvalue weighted by atomic mass is 16.5. The minimum atomic E-state index is -0.284. The van der Waals surface area contributed by atoms with Crippen LogP contribution >= 0.6 is 0 Å². The number of nitrogens with one attached hydrogen (secondary N) is 2. The van der Waals surface area contributed by atoms with E-state index >= 15 is 0 Å². The van der Waals surface area contributed by atoms with Gasteiger partial charge in [-0.1, -0.05) is 18.2 Å². The maximum Gasteiger partial charge on any atom is 0.250 e. The largest absolute Gasteiger partial charge is 0.497 e. The van der Waals surface area contributed by atoms with Crippen LogP contribution in [0, 0.1) is 11.8 Å². The molecule has 2 amide bonds. The van der Waals surface area contributed by atoms with Gasteiger partial charge in [-0.2, -0.15) is 0 Å². The Hall–Kier alpha value is -4.07. The molecule has 0 aliphatic carbocycles. The lowest BCUT2D eigenvalue weighted by molar-refractivity contribution is -0.126. The smallest absolute Gasteiger partial charge is 0.250 e. The fourth-order valence-electron chi connectivity index (χ4n) is 6.86. The molecule has 202 valence electrons. The summed E-state index contributed by atoms with van der Waals surface area (Å²) in [6.45, 7) is 3.53. The summed E-state index contributed by atoms with van der Waals surface area (Å²) < 4.78 is 7.17. The number of nitrogens with zero attached hydrogens (tertiary/aromatic N) is 2. The normalized spacial score (nSPS) is 22.7. The van der Waals surface area contributed by atoms with Crippen LogP contribution in [0.2, 0.25) is 0 Å². The Labute approximate surface area is 228 Å². The molecule has 1 fully saturated rings. The molecule has 1 aromatic heterocycles. The van der Waals surface area contributed by atoms with Crippen LogP contribution in [-0.4, -0.2) is 42.6 Å². The predicted molar refractivity (Wildman–Crippen MR) is 150 cm³/mol. The third kappa shape index (κ3) is 4.80. The van der Waals surface area contributed by atoms with Crippen LogP contribution in [0.25, 0.3) is 0 Å². The van der Waals surface area contributed by atoms with Crippen LogP contribution in [0.4, 0.5) is 11.4 Å². The van der Waals surface area contributed by atoms with Crippen molar-refractivity contribution in [1.29, 1.82) is 0 Å². The average Bonchev–Trinajstić information content (AvgIpc) is 2.93. The van der Waals surface area contributed by atoms with Crippen LogP contribution in [0.15, 0.2) is 65.5 Å². The summed E-state index contributed by atoms with van der Waals surface area (Å²) in [5.74, 6) is 0.859. The summed E-state index contributed by atoms with van der Waals surface area (Å²) in [4.78, 5) is 40.7. The van der Waals surface area contributed by atoms with Crippen LogP contribution in [0.3, 0.4) is 0 Å².